The molecule has 0 aliphatic carbocycles. The Kier molecular flexibility index (Phi) is 5.17. The Balaban J connectivity index is 1.64. The molecule has 4 rings (SSSR count). The lowest BCUT2D eigenvalue weighted by molar-refractivity contribution is 0.100. The first-order chi connectivity index (χ1) is 14.4. The van der Waals surface area contributed by atoms with E-state index in [2.05, 4.69) is 20.3 Å². The van der Waals surface area contributed by atoms with E-state index < -0.39 is 13.0 Å². The molecule has 0 bridgehead atoms. The van der Waals surface area contributed by atoms with Gasteiger partial charge in [0.25, 0.3) is 5.91 Å². The van der Waals surface area contributed by atoms with Crippen LogP contribution in [-0.2, 0) is 6.54 Å². The van der Waals surface area contributed by atoms with Crippen LogP contribution in [0.3, 0.4) is 0 Å². The quantitative estimate of drug-likeness (QED) is 0.344. The molecule has 0 fully saturated rings. The van der Waals surface area contributed by atoms with Crippen molar-refractivity contribution in [3.05, 3.63) is 71.7 Å². The number of nitrogens with two attached hydrogens (primary N) is 1. The van der Waals surface area contributed by atoms with Crippen molar-refractivity contribution in [2.75, 3.05) is 5.32 Å². The molecule has 3 heterocycles. The van der Waals surface area contributed by atoms with Gasteiger partial charge in [0, 0.05) is 24.5 Å². The number of pyridine rings is 1. The Morgan fingerprint density at radius 1 is 1.20 bits per heavy atom. The summed E-state index contributed by atoms with van der Waals surface area (Å²) in [4.78, 5) is 25.0. The van der Waals surface area contributed by atoms with Gasteiger partial charge in [-0.1, -0.05) is 24.3 Å². The first kappa shape index (κ1) is 19.6. The number of nitrogens with one attached hydrogen (secondary N) is 1. The number of aromatic nitrogens is 4. The average molecular weight is 402 g/mol. The highest BCUT2D eigenvalue weighted by molar-refractivity contribution is 6.58. The number of hydrogen-bond acceptors (Lipinski definition) is 7. The number of imidazole rings is 1. The summed E-state index contributed by atoms with van der Waals surface area (Å²) in [6, 6.07) is 10.4. The average Bonchev–Trinajstić information content (AvgIpc) is 3.17. The highest BCUT2D eigenvalue weighted by atomic mass is 16.4. The van der Waals surface area contributed by atoms with Crippen molar-refractivity contribution >= 4 is 29.8 Å². The van der Waals surface area contributed by atoms with Gasteiger partial charge in [0.05, 0.1) is 17.3 Å². The SMILES string of the molecule is Cc1cnc(-c2ncc3c(C(N)=O)cccn23)nc1NCc1cccc(B(O)O)c1. The Hall–Kier alpha value is -3.76. The fraction of sp³-hybridized carbons (Fsp3) is 0.100. The zero-order valence-electron chi connectivity index (χ0n) is 16.1. The van der Waals surface area contributed by atoms with Gasteiger partial charge in [-0.3, -0.25) is 9.20 Å². The summed E-state index contributed by atoms with van der Waals surface area (Å²) in [6.07, 6.45) is 5.03. The van der Waals surface area contributed by atoms with Crippen LogP contribution in [0.25, 0.3) is 17.2 Å². The van der Waals surface area contributed by atoms with Gasteiger partial charge in [0.1, 0.15) is 5.82 Å². The topological polar surface area (TPSA) is 139 Å². The summed E-state index contributed by atoms with van der Waals surface area (Å²) >= 11 is 0. The molecule has 0 atom stereocenters. The van der Waals surface area contributed by atoms with Gasteiger partial charge in [-0.05, 0) is 30.1 Å². The minimum Gasteiger partial charge on any atom is -0.423 e. The highest BCUT2D eigenvalue weighted by Gasteiger charge is 2.15. The number of carbonyl (C=O) groups excluding carboxylic acids is 1. The van der Waals surface area contributed by atoms with E-state index in [1.54, 1.807) is 53.3 Å². The predicted molar refractivity (Wildman–Crippen MR) is 113 cm³/mol. The summed E-state index contributed by atoms with van der Waals surface area (Å²) in [7, 11) is -1.52. The molecule has 0 aliphatic rings. The fourth-order valence-corrected chi connectivity index (χ4v) is 3.17. The number of hydrogen-bond donors (Lipinski definition) is 4. The molecule has 0 unspecified atom stereocenters. The van der Waals surface area contributed by atoms with E-state index in [0.717, 1.165) is 11.1 Å². The van der Waals surface area contributed by atoms with Gasteiger partial charge in [0.2, 0.25) is 0 Å². The monoisotopic (exact) mass is 402 g/mol. The van der Waals surface area contributed by atoms with E-state index in [-0.39, 0.29) is 0 Å². The van der Waals surface area contributed by atoms with E-state index >= 15 is 0 Å². The zero-order valence-corrected chi connectivity index (χ0v) is 16.1. The Morgan fingerprint density at radius 2 is 2.03 bits per heavy atom. The van der Waals surface area contributed by atoms with Crippen molar-refractivity contribution in [1.82, 2.24) is 19.4 Å². The molecule has 0 saturated heterocycles. The van der Waals surface area contributed by atoms with Crippen molar-refractivity contribution in [3.8, 4) is 11.6 Å². The van der Waals surface area contributed by atoms with Gasteiger partial charge in [-0.15, -0.1) is 0 Å². The molecule has 30 heavy (non-hydrogen) atoms. The molecule has 1 amide bonds. The normalized spacial score (nSPS) is 10.9. The molecule has 0 radical (unpaired) electrons. The van der Waals surface area contributed by atoms with E-state index in [1.807, 2.05) is 13.0 Å². The fourth-order valence-electron chi connectivity index (χ4n) is 3.17. The van der Waals surface area contributed by atoms with Crippen LogP contribution in [0, 0.1) is 6.92 Å². The van der Waals surface area contributed by atoms with E-state index in [1.165, 1.54) is 0 Å². The number of primary amides is 1. The minimum atomic E-state index is -1.52. The Morgan fingerprint density at radius 3 is 2.80 bits per heavy atom. The summed E-state index contributed by atoms with van der Waals surface area (Å²) in [5.41, 5.74) is 8.53. The third kappa shape index (κ3) is 3.73. The number of aryl methyl sites for hydroxylation is 1. The van der Waals surface area contributed by atoms with Crippen molar-refractivity contribution in [2.45, 2.75) is 13.5 Å². The second kappa shape index (κ2) is 7.93. The predicted octanol–water partition coefficient (Wildman–Crippen LogP) is 0.491. The number of amides is 1. The van der Waals surface area contributed by atoms with Crippen LogP contribution in [0.2, 0.25) is 0 Å². The molecular formula is C20H19BN6O3. The maximum atomic E-state index is 11.7. The summed E-state index contributed by atoms with van der Waals surface area (Å²) in [5.74, 6) is 0.970. The number of rotatable bonds is 6. The van der Waals surface area contributed by atoms with Crippen LogP contribution < -0.4 is 16.5 Å². The number of carbonyl (C=O) groups is 1. The zero-order chi connectivity index (χ0) is 21.3. The second-order valence-electron chi connectivity index (χ2n) is 6.82. The molecular weight excluding hydrogens is 383 g/mol. The van der Waals surface area contributed by atoms with Gasteiger partial charge >= 0.3 is 7.12 Å². The molecule has 0 saturated carbocycles. The van der Waals surface area contributed by atoms with Crippen LogP contribution >= 0.6 is 0 Å². The van der Waals surface area contributed by atoms with Crippen LogP contribution in [0.15, 0.2) is 55.0 Å². The first-order valence-electron chi connectivity index (χ1n) is 9.23. The number of fused-ring (bicyclic) bond motifs is 1. The van der Waals surface area contributed by atoms with Gasteiger partial charge in [-0.2, -0.15) is 0 Å². The standard InChI is InChI=1S/C20H19BN6O3/c1-12-9-23-19(20-25-11-16-15(17(22)28)6-3-7-27(16)20)26-18(12)24-10-13-4-2-5-14(8-13)21(29)30/h2-9,11,29-30H,10H2,1H3,(H2,22,28)(H,23,24,26). The molecule has 10 heteroatoms. The van der Waals surface area contributed by atoms with Crippen LogP contribution in [0.1, 0.15) is 21.5 Å². The maximum absolute atomic E-state index is 11.7. The Labute approximate surface area is 172 Å². The third-order valence-electron chi connectivity index (χ3n) is 4.72. The van der Waals surface area contributed by atoms with E-state index in [4.69, 9.17) is 5.73 Å². The Bertz CT molecular complexity index is 1240. The van der Waals surface area contributed by atoms with Gasteiger partial charge < -0.3 is 21.1 Å². The summed E-state index contributed by atoms with van der Waals surface area (Å²) in [5, 5.41) is 21.9. The molecule has 5 N–H and O–H groups in total. The van der Waals surface area contributed by atoms with Crippen molar-refractivity contribution in [2.24, 2.45) is 5.73 Å². The first-order valence-corrected chi connectivity index (χ1v) is 9.23. The number of benzene rings is 1. The van der Waals surface area contributed by atoms with Crippen molar-refractivity contribution in [1.29, 1.82) is 0 Å². The van der Waals surface area contributed by atoms with Crippen molar-refractivity contribution < 1.29 is 14.8 Å². The molecule has 3 aromatic heterocycles. The van der Waals surface area contributed by atoms with Crippen LogP contribution in [0.5, 0.6) is 0 Å². The highest BCUT2D eigenvalue weighted by Crippen LogP contribution is 2.21. The van der Waals surface area contributed by atoms with Gasteiger partial charge in [0.15, 0.2) is 11.6 Å². The maximum Gasteiger partial charge on any atom is 0.488 e. The molecule has 9 nitrogen and oxygen atoms in total. The van der Waals surface area contributed by atoms with E-state index in [0.29, 0.717) is 40.6 Å². The number of nitrogens with zero attached hydrogens (tertiary/aromatic N) is 4. The molecule has 0 aliphatic heterocycles. The summed E-state index contributed by atoms with van der Waals surface area (Å²) in [6.45, 7) is 2.32. The third-order valence-corrected chi connectivity index (χ3v) is 4.72. The smallest absolute Gasteiger partial charge is 0.423 e. The largest absolute Gasteiger partial charge is 0.488 e. The lowest BCUT2D eigenvalue weighted by Crippen LogP contribution is -2.30. The molecule has 1 aromatic carbocycles. The molecule has 4 aromatic rings. The molecule has 0 spiro atoms. The van der Waals surface area contributed by atoms with Crippen LogP contribution in [0.4, 0.5) is 5.82 Å². The minimum absolute atomic E-state index is 0.368. The lowest BCUT2D eigenvalue weighted by Gasteiger charge is -2.11. The van der Waals surface area contributed by atoms with Crippen molar-refractivity contribution in [3.63, 3.8) is 0 Å². The van der Waals surface area contributed by atoms with Gasteiger partial charge in [-0.25, -0.2) is 15.0 Å². The van der Waals surface area contributed by atoms with Crippen LogP contribution in [-0.4, -0.2) is 42.4 Å². The second-order valence-corrected chi connectivity index (χ2v) is 6.82. The lowest BCUT2D eigenvalue weighted by atomic mass is 9.80. The summed E-state index contributed by atoms with van der Waals surface area (Å²) < 4.78 is 1.72. The molecule has 150 valence electrons. The number of anilines is 1. The van der Waals surface area contributed by atoms with E-state index in [9.17, 15) is 14.8 Å².